The summed E-state index contributed by atoms with van der Waals surface area (Å²) >= 11 is 0. The summed E-state index contributed by atoms with van der Waals surface area (Å²) in [7, 11) is 0. The molecular weight excluding hydrogens is 619 g/mol. The molecule has 10 rings (SSSR count). The van der Waals surface area contributed by atoms with Crippen LogP contribution in [0.1, 0.15) is 16.7 Å². The van der Waals surface area contributed by atoms with Gasteiger partial charge in [0, 0.05) is 67.2 Å². The number of fused-ring (bicyclic) bond motifs is 9. The maximum atomic E-state index is 2.43. The van der Waals surface area contributed by atoms with Gasteiger partial charge in [0.05, 0.1) is 16.2 Å². The molecule has 0 aliphatic rings. The average molecular weight is 655 g/mol. The Morgan fingerprint density at radius 1 is 0.275 bits per heavy atom. The Labute approximate surface area is 296 Å². The van der Waals surface area contributed by atoms with Gasteiger partial charge in [-0.1, -0.05) is 91.0 Å². The van der Waals surface area contributed by atoms with Crippen LogP contribution in [0.4, 0.5) is 0 Å². The summed E-state index contributed by atoms with van der Waals surface area (Å²) in [6, 6.07) is 59.8. The van der Waals surface area contributed by atoms with Crippen LogP contribution in [0.5, 0.6) is 0 Å². The van der Waals surface area contributed by atoms with Crippen LogP contribution in [-0.2, 0) is 19.6 Å². The number of para-hydroxylation sites is 3. The first kappa shape index (κ1) is 29.5. The number of rotatable bonds is 6. The predicted molar refractivity (Wildman–Crippen MR) is 209 cm³/mol. The quantitative estimate of drug-likeness (QED) is 0.125. The van der Waals surface area contributed by atoms with Crippen molar-refractivity contribution in [1.29, 1.82) is 0 Å². The molecule has 0 radical (unpaired) electrons. The molecule has 3 nitrogen and oxygen atoms in total. The van der Waals surface area contributed by atoms with Crippen molar-refractivity contribution in [2.24, 2.45) is 0 Å². The monoisotopic (exact) mass is 654 g/mol. The normalized spacial score (nSPS) is 11.8. The number of nitrogens with zero attached hydrogens (tertiary/aromatic N) is 3. The lowest BCUT2D eigenvalue weighted by atomic mass is 10.0. The van der Waals surface area contributed by atoms with Gasteiger partial charge in [0.25, 0.3) is 0 Å². The molecule has 3 aromatic heterocycles. The maximum Gasteiger partial charge on any atom is 0.213 e. The van der Waals surface area contributed by atoms with Crippen molar-refractivity contribution in [2.75, 3.05) is 0 Å². The van der Waals surface area contributed by atoms with Crippen molar-refractivity contribution in [1.82, 2.24) is 0 Å². The van der Waals surface area contributed by atoms with Gasteiger partial charge in [-0.3, -0.25) is 0 Å². The molecule has 0 N–H and O–H groups in total. The van der Waals surface area contributed by atoms with Crippen molar-refractivity contribution in [2.45, 2.75) is 19.6 Å². The predicted octanol–water partition coefficient (Wildman–Crippen LogP) is 9.61. The van der Waals surface area contributed by atoms with E-state index in [1.165, 1.54) is 81.7 Å². The fourth-order valence-electron chi connectivity index (χ4n) is 8.23. The van der Waals surface area contributed by atoms with Gasteiger partial charge in [0.15, 0.2) is 38.2 Å². The van der Waals surface area contributed by atoms with Crippen LogP contribution >= 0.6 is 0 Å². The van der Waals surface area contributed by atoms with Crippen molar-refractivity contribution >= 4 is 65.0 Å². The highest BCUT2D eigenvalue weighted by Gasteiger charge is 2.20. The minimum absolute atomic E-state index is 0.776. The van der Waals surface area contributed by atoms with E-state index in [-0.39, 0.29) is 0 Å². The molecule has 240 valence electrons. The van der Waals surface area contributed by atoms with E-state index in [1.54, 1.807) is 0 Å². The molecule has 3 heteroatoms. The van der Waals surface area contributed by atoms with Gasteiger partial charge in [-0.2, -0.15) is 13.7 Å². The van der Waals surface area contributed by atoms with Crippen LogP contribution < -0.4 is 13.7 Å². The van der Waals surface area contributed by atoms with Crippen molar-refractivity contribution < 1.29 is 13.7 Å². The van der Waals surface area contributed by atoms with Gasteiger partial charge in [-0.05, 0) is 54.6 Å². The fourth-order valence-corrected chi connectivity index (χ4v) is 8.23. The van der Waals surface area contributed by atoms with E-state index in [0.717, 1.165) is 19.6 Å². The Balaban J connectivity index is 1.14. The van der Waals surface area contributed by atoms with Gasteiger partial charge in [0.2, 0.25) is 16.6 Å². The second-order valence-corrected chi connectivity index (χ2v) is 13.7. The molecule has 0 aliphatic heterocycles. The minimum Gasteiger partial charge on any atom is -0.193 e. The first-order chi connectivity index (χ1) is 25.2. The third-order valence-corrected chi connectivity index (χ3v) is 10.4. The molecule has 0 amide bonds. The molecule has 0 aliphatic carbocycles. The fraction of sp³-hybridized carbons (Fsp3) is 0.0625. The molecule has 0 saturated heterocycles. The number of pyridine rings is 3. The molecule has 3 heterocycles. The number of hydrogen-bond donors (Lipinski definition) is 0. The Morgan fingerprint density at radius 3 is 0.843 bits per heavy atom. The van der Waals surface area contributed by atoms with Gasteiger partial charge >= 0.3 is 0 Å². The van der Waals surface area contributed by atoms with Crippen LogP contribution in [0, 0.1) is 0 Å². The van der Waals surface area contributed by atoms with Crippen molar-refractivity contribution in [3.63, 3.8) is 0 Å². The second kappa shape index (κ2) is 12.2. The summed E-state index contributed by atoms with van der Waals surface area (Å²) in [6.45, 7) is 2.33. The van der Waals surface area contributed by atoms with Crippen LogP contribution in [0.2, 0.25) is 0 Å². The van der Waals surface area contributed by atoms with Gasteiger partial charge in [-0.25, -0.2) is 0 Å². The lowest BCUT2D eigenvalue weighted by Gasteiger charge is -2.11. The van der Waals surface area contributed by atoms with E-state index >= 15 is 0 Å². The standard InChI is InChI=1S/C48H36N3/c1-4-16-40-37(13-1)31-49(46-22-10-7-19-43(40)46)28-34-25-35(29-50-32-38-14-2-5-17-41(38)44-20-8-11-23-47(44)50)27-36(26-34)30-51-33-39-15-3-6-18-42(39)45-21-9-12-24-48(45)51/h1-27,31-33H,28-30H2/q+3. The lowest BCUT2D eigenvalue weighted by molar-refractivity contribution is -0.663. The minimum atomic E-state index is 0.776. The van der Waals surface area contributed by atoms with Crippen LogP contribution in [0.15, 0.2) is 182 Å². The summed E-state index contributed by atoms with van der Waals surface area (Å²) in [5.74, 6) is 0. The number of hydrogen-bond acceptors (Lipinski definition) is 0. The highest BCUT2D eigenvalue weighted by Crippen LogP contribution is 2.26. The van der Waals surface area contributed by atoms with Crippen LogP contribution in [0.3, 0.4) is 0 Å². The van der Waals surface area contributed by atoms with Gasteiger partial charge in [-0.15, -0.1) is 0 Å². The molecule has 51 heavy (non-hydrogen) atoms. The molecule has 0 bridgehead atoms. The second-order valence-electron chi connectivity index (χ2n) is 13.7. The highest BCUT2D eigenvalue weighted by molar-refractivity contribution is 6.05. The van der Waals surface area contributed by atoms with Crippen molar-refractivity contribution in [3.05, 3.63) is 199 Å². The van der Waals surface area contributed by atoms with E-state index < -0.39 is 0 Å². The largest absolute Gasteiger partial charge is 0.213 e. The lowest BCUT2D eigenvalue weighted by Crippen LogP contribution is -2.37. The number of aromatic nitrogens is 3. The van der Waals surface area contributed by atoms with E-state index in [4.69, 9.17) is 0 Å². The van der Waals surface area contributed by atoms with E-state index in [0.29, 0.717) is 0 Å². The van der Waals surface area contributed by atoms with Crippen LogP contribution in [-0.4, -0.2) is 0 Å². The first-order valence-electron chi connectivity index (χ1n) is 17.8. The Morgan fingerprint density at radius 2 is 0.529 bits per heavy atom. The molecular formula is C48H36N3+3. The molecule has 7 aromatic carbocycles. The Hall–Kier alpha value is -6.45. The topological polar surface area (TPSA) is 11.6 Å². The van der Waals surface area contributed by atoms with Gasteiger partial charge in [0.1, 0.15) is 0 Å². The molecule has 10 aromatic rings. The Kier molecular flexibility index (Phi) is 7.02. The maximum absolute atomic E-state index is 2.43. The van der Waals surface area contributed by atoms with Gasteiger partial charge < -0.3 is 0 Å². The summed E-state index contributed by atoms with van der Waals surface area (Å²) in [6.07, 6.45) is 6.96. The number of benzene rings is 7. The first-order valence-corrected chi connectivity index (χ1v) is 17.8. The van der Waals surface area contributed by atoms with Crippen LogP contribution in [0.25, 0.3) is 65.0 Å². The zero-order valence-corrected chi connectivity index (χ0v) is 28.3. The SMILES string of the molecule is c1ccc2c(c1)c[n+](Cc1cc(C[n+]3cc4ccccc4c4ccccc43)cc(C[n+]3cc4ccccc4c4ccccc43)c1)c1ccccc21. The molecule has 0 spiro atoms. The zero-order valence-electron chi connectivity index (χ0n) is 28.3. The van der Waals surface area contributed by atoms with Crippen molar-refractivity contribution in [3.8, 4) is 0 Å². The van der Waals surface area contributed by atoms with E-state index in [1.807, 2.05) is 0 Å². The third kappa shape index (κ3) is 5.26. The third-order valence-electron chi connectivity index (χ3n) is 10.4. The summed E-state index contributed by atoms with van der Waals surface area (Å²) in [5, 5.41) is 11.5. The molecule has 0 saturated carbocycles. The molecule has 0 fully saturated rings. The summed E-state index contributed by atoms with van der Waals surface area (Å²) in [5.41, 5.74) is 7.62. The molecule has 0 unspecified atom stereocenters. The molecule has 0 atom stereocenters. The highest BCUT2D eigenvalue weighted by atomic mass is 15.0. The average Bonchev–Trinajstić information content (AvgIpc) is 3.18. The summed E-state index contributed by atoms with van der Waals surface area (Å²) in [4.78, 5) is 0. The Bertz CT molecular complexity index is 2630. The summed E-state index contributed by atoms with van der Waals surface area (Å²) < 4.78 is 7.28. The van der Waals surface area contributed by atoms with E-state index in [9.17, 15) is 0 Å². The zero-order chi connectivity index (χ0) is 33.7. The smallest absolute Gasteiger partial charge is 0.193 e. The van der Waals surface area contributed by atoms with E-state index in [2.05, 4.69) is 196 Å².